The van der Waals surface area contributed by atoms with E-state index in [2.05, 4.69) is 184 Å². The van der Waals surface area contributed by atoms with E-state index in [1.807, 2.05) is 21.1 Å². The van der Waals surface area contributed by atoms with Crippen LogP contribution in [0.15, 0.2) is 170 Å². The van der Waals surface area contributed by atoms with E-state index < -0.39 is 32.5 Å². The molecule has 0 fully saturated rings. The molecule has 9 nitrogen and oxygen atoms in total. The summed E-state index contributed by atoms with van der Waals surface area (Å²) < 4.78 is 34.5. The molecule has 0 heterocycles. The highest BCUT2D eigenvalue weighted by molar-refractivity contribution is 7.47. The first-order chi connectivity index (χ1) is 37.0. The number of carbonyl (C=O) groups is 2. The number of rotatable bonds is 50. The SMILES string of the molecule is CC/C=C\C/C=C\C/C=C\C/C=C\C/C=C\C/C=C\C/C=C\C/C=C\C/C=C\CCCCCCCC(=O)OC(COC(=O)CCCCC/C=C\C/C=C\C/C=C\C/C=C\C/C=C\CC)COP(=O)(O)OCC[N+](C)(C)C. The van der Waals surface area contributed by atoms with Gasteiger partial charge in [0.05, 0.1) is 27.7 Å². The van der Waals surface area contributed by atoms with Gasteiger partial charge in [0.1, 0.15) is 19.8 Å². The van der Waals surface area contributed by atoms with E-state index in [1.54, 1.807) is 0 Å². The Hall–Kier alpha value is -4.63. The molecule has 0 saturated carbocycles. The van der Waals surface area contributed by atoms with Crippen molar-refractivity contribution in [1.29, 1.82) is 0 Å². The van der Waals surface area contributed by atoms with Crippen LogP contribution in [0.3, 0.4) is 0 Å². The highest BCUT2D eigenvalue weighted by atomic mass is 31.2. The lowest BCUT2D eigenvalue weighted by Gasteiger charge is -2.24. The normalized spacial score (nSPS) is 14.6. The zero-order valence-electron chi connectivity index (χ0n) is 48.2. The number of hydrogen-bond donors (Lipinski definition) is 1. The van der Waals surface area contributed by atoms with Crippen molar-refractivity contribution in [2.24, 2.45) is 0 Å². The molecule has 0 aliphatic heterocycles. The maximum atomic E-state index is 12.8. The van der Waals surface area contributed by atoms with E-state index in [4.69, 9.17) is 18.5 Å². The summed E-state index contributed by atoms with van der Waals surface area (Å²) in [5.41, 5.74) is 0. The molecule has 0 radical (unpaired) electrons. The molecule has 10 heteroatoms. The molecule has 0 amide bonds. The van der Waals surface area contributed by atoms with Gasteiger partial charge in [0.15, 0.2) is 6.10 Å². The van der Waals surface area contributed by atoms with E-state index in [1.165, 1.54) is 0 Å². The van der Waals surface area contributed by atoms with E-state index in [0.29, 0.717) is 23.9 Å². The van der Waals surface area contributed by atoms with Crippen LogP contribution in [-0.2, 0) is 32.7 Å². The van der Waals surface area contributed by atoms with Crippen LogP contribution in [0.4, 0.5) is 0 Å². The van der Waals surface area contributed by atoms with Crippen LogP contribution in [0.2, 0.25) is 0 Å². The number of allylic oxidation sites excluding steroid dienone is 28. The average molecular weight is 1070 g/mol. The summed E-state index contributed by atoms with van der Waals surface area (Å²) in [5.74, 6) is -0.875. The Morgan fingerprint density at radius 1 is 0.408 bits per heavy atom. The van der Waals surface area contributed by atoms with Gasteiger partial charge in [-0.25, -0.2) is 4.57 Å². The summed E-state index contributed by atoms with van der Waals surface area (Å²) in [6, 6.07) is 0. The lowest BCUT2D eigenvalue weighted by molar-refractivity contribution is -0.870. The number of phosphoric ester groups is 1. The number of phosphoric acid groups is 1. The molecule has 0 spiro atoms. The van der Waals surface area contributed by atoms with Gasteiger partial charge < -0.3 is 18.9 Å². The van der Waals surface area contributed by atoms with Crippen molar-refractivity contribution in [2.45, 2.75) is 187 Å². The number of hydrogen-bond acceptors (Lipinski definition) is 7. The molecule has 2 atom stereocenters. The Kier molecular flexibility index (Phi) is 51.8. The number of unbranched alkanes of at least 4 members (excludes halogenated alkanes) is 8. The van der Waals surface area contributed by atoms with Gasteiger partial charge in [-0.1, -0.05) is 210 Å². The smallest absolute Gasteiger partial charge is 0.462 e. The molecule has 0 bridgehead atoms. The number of carbonyl (C=O) groups excluding carboxylic acids is 2. The first kappa shape index (κ1) is 71.4. The van der Waals surface area contributed by atoms with Gasteiger partial charge >= 0.3 is 19.8 Å². The second-order valence-electron chi connectivity index (χ2n) is 19.6. The van der Waals surface area contributed by atoms with E-state index in [0.717, 1.165) is 141 Å². The zero-order chi connectivity index (χ0) is 55.6. The Morgan fingerprint density at radius 2 is 0.711 bits per heavy atom. The first-order valence-electron chi connectivity index (χ1n) is 28.9. The standard InChI is InChI=1S/C66H104NO8P/c1-6-8-10-12-14-16-18-20-22-24-26-27-28-29-30-31-32-33-34-35-36-37-38-39-41-43-45-47-49-51-53-55-57-59-66(69)75-64(63-74-76(70,71)73-61-60-67(3,4)5)62-72-65(68)58-56-54-52-50-48-46-44-42-40-25-23-21-19-17-15-13-11-9-7-2/h8-11,14-17,20-23,26-27,29-30,32-33,35-36,38-40,42-43,45-46,48,64H,6-7,12-13,18-19,24-25,28,31,34,37,41,44,47,49-63H2,1-5H3/p+1/b10-8-,11-9-,16-14-,17-15-,22-20-,23-21-,27-26-,30-29-,33-32-,36-35-,39-38-,42-40-,45-43-,48-46-. The minimum atomic E-state index is -4.41. The molecule has 426 valence electrons. The average Bonchev–Trinajstić information content (AvgIpc) is 3.38. The quantitative estimate of drug-likeness (QED) is 0.0211. The summed E-state index contributed by atoms with van der Waals surface area (Å²) in [5, 5.41) is 0. The first-order valence-corrected chi connectivity index (χ1v) is 30.4. The number of quaternary nitrogens is 1. The van der Waals surface area contributed by atoms with Crippen molar-refractivity contribution in [3.8, 4) is 0 Å². The third kappa shape index (κ3) is 58.6. The van der Waals surface area contributed by atoms with Crippen LogP contribution < -0.4 is 0 Å². The van der Waals surface area contributed by atoms with Crippen molar-refractivity contribution in [3.05, 3.63) is 170 Å². The van der Waals surface area contributed by atoms with Gasteiger partial charge in [-0.2, -0.15) is 0 Å². The lowest BCUT2D eigenvalue weighted by Crippen LogP contribution is -2.37. The molecule has 0 saturated heterocycles. The van der Waals surface area contributed by atoms with Crippen molar-refractivity contribution in [3.63, 3.8) is 0 Å². The molecular weight excluding hydrogens is 966 g/mol. The Labute approximate surface area is 464 Å². The molecule has 0 aliphatic rings. The van der Waals surface area contributed by atoms with Gasteiger partial charge in [0, 0.05) is 12.8 Å². The summed E-state index contributed by atoms with van der Waals surface area (Å²) in [7, 11) is 1.41. The molecular formula is C66H105NO8P+. The number of nitrogens with zero attached hydrogens (tertiary/aromatic N) is 1. The summed E-state index contributed by atoms with van der Waals surface area (Å²) >= 11 is 0. The summed E-state index contributed by atoms with van der Waals surface area (Å²) in [6.45, 7) is 4.10. The van der Waals surface area contributed by atoms with Crippen LogP contribution in [0.25, 0.3) is 0 Å². The maximum Gasteiger partial charge on any atom is 0.472 e. The fourth-order valence-corrected chi connectivity index (χ4v) is 7.60. The topological polar surface area (TPSA) is 108 Å². The highest BCUT2D eigenvalue weighted by Gasteiger charge is 2.27. The predicted molar refractivity (Wildman–Crippen MR) is 325 cm³/mol. The van der Waals surface area contributed by atoms with Gasteiger partial charge in [-0.3, -0.25) is 18.6 Å². The number of esters is 2. The lowest BCUT2D eigenvalue weighted by atomic mass is 10.1. The minimum absolute atomic E-state index is 0.0111. The molecule has 76 heavy (non-hydrogen) atoms. The van der Waals surface area contributed by atoms with Crippen LogP contribution in [0, 0.1) is 0 Å². The third-order valence-corrected chi connectivity index (χ3v) is 12.2. The molecule has 0 aliphatic carbocycles. The predicted octanol–water partition coefficient (Wildman–Crippen LogP) is 18.3. The van der Waals surface area contributed by atoms with Gasteiger partial charge in [0.25, 0.3) is 0 Å². The van der Waals surface area contributed by atoms with Crippen molar-refractivity contribution < 1.29 is 42.1 Å². The van der Waals surface area contributed by atoms with E-state index in [9.17, 15) is 19.0 Å². The number of likely N-dealkylation sites (N-methyl/N-ethyl adjacent to an activating group) is 1. The van der Waals surface area contributed by atoms with Gasteiger partial charge in [-0.05, 0) is 128 Å². The highest BCUT2D eigenvalue weighted by Crippen LogP contribution is 2.43. The second kappa shape index (κ2) is 55.1. The largest absolute Gasteiger partial charge is 0.472 e. The molecule has 0 aromatic rings. The van der Waals surface area contributed by atoms with E-state index >= 15 is 0 Å². The molecule has 1 N–H and O–H groups in total. The molecule has 2 unspecified atom stereocenters. The van der Waals surface area contributed by atoms with Crippen molar-refractivity contribution >= 4 is 19.8 Å². The van der Waals surface area contributed by atoms with Gasteiger partial charge in [0.2, 0.25) is 0 Å². The number of ether oxygens (including phenoxy) is 2. The fourth-order valence-electron chi connectivity index (χ4n) is 6.86. The Balaban J connectivity index is 4.32. The zero-order valence-corrected chi connectivity index (χ0v) is 49.1. The fraction of sp³-hybridized carbons (Fsp3) is 0.545. The van der Waals surface area contributed by atoms with E-state index in [-0.39, 0.29) is 26.1 Å². The molecule has 0 aromatic carbocycles. The second-order valence-corrected chi connectivity index (χ2v) is 21.0. The maximum absolute atomic E-state index is 12.8. The summed E-state index contributed by atoms with van der Waals surface area (Å²) in [6.07, 6.45) is 84.2. The van der Waals surface area contributed by atoms with Crippen LogP contribution in [0.5, 0.6) is 0 Å². The van der Waals surface area contributed by atoms with Gasteiger partial charge in [-0.15, -0.1) is 0 Å². The van der Waals surface area contributed by atoms with Crippen LogP contribution >= 0.6 is 7.82 Å². The Morgan fingerprint density at radius 3 is 1.07 bits per heavy atom. The van der Waals surface area contributed by atoms with Crippen LogP contribution in [0.1, 0.15) is 181 Å². The molecule has 0 rings (SSSR count). The Bertz CT molecular complexity index is 1880. The summed E-state index contributed by atoms with van der Waals surface area (Å²) in [4.78, 5) is 35.7. The monoisotopic (exact) mass is 1070 g/mol. The third-order valence-electron chi connectivity index (χ3n) is 11.2. The van der Waals surface area contributed by atoms with Crippen molar-refractivity contribution in [1.82, 2.24) is 0 Å². The molecule has 0 aromatic heterocycles. The van der Waals surface area contributed by atoms with Crippen LogP contribution in [-0.4, -0.2) is 74.9 Å². The minimum Gasteiger partial charge on any atom is -0.462 e. The van der Waals surface area contributed by atoms with Crippen molar-refractivity contribution in [2.75, 3.05) is 47.5 Å².